The van der Waals surface area contributed by atoms with Gasteiger partial charge < -0.3 is 24.2 Å². The average Bonchev–Trinajstić information content (AvgIpc) is 3.19. The summed E-state index contributed by atoms with van der Waals surface area (Å²) < 4.78 is 17.0. The van der Waals surface area contributed by atoms with Gasteiger partial charge in [-0.3, -0.25) is 14.6 Å². The summed E-state index contributed by atoms with van der Waals surface area (Å²) in [6.07, 6.45) is 5.25. The number of amides is 1. The van der Waals surface area contributed by atoms with Crippen LogP contribution in [0.4, 0.5) is 0 Å². The van der Waals surface area contributed by atoms with Gasteiger partial charge in [0.05, 0.1) is 31.9 Å². The number of nitrogens with zero attached hydrogens (tertiary/aromatic N) is 2. The topological polar surface area (TPSA) is 98.2 Å². The molecule has 3 aromatic rings. The summed E-state index contributed by atoms with van der Waals surface area (Å²) in [6.45, 7) is 7.04. The Bertz CT molecular complexity index is 1370. The summed E-state index contributed by atoms with van der Waals surface area (Å²) in [4.78, 5) is 32.4. The molecular weight excluding hydrogens is 496 g/mol. The molecule has 1 atom stereocenters. The maximum absolute atomic E-state index is 13.4. The first-order valence-electron chi connectivity index (χ1n) is 13.1. The lowest BCUT2D eigenvalue weighted by Gasteiger charge is -2.26. The van der Waals surface area contributed by atoms with Crippen LogP contribution >= 0.6 is 0 Å². The van der Waals surface area contributed by atoms with E-state index in [1.807, 2.05) is 19.9 Å². The van der Waals surface area contributed by atoms with Crippen molar-refractivity contribution >= 4 is 17.4 Å². The minimum Gasteiger partial charge on any atom is -0.507 e. The van der Waals surface area contributed by atoms with Crippen LogP contribution in [-0.4, -0.2) is 47.0 Å². The van der Waals surface area contributed by atoms with Gasteiger partial charge in [-0.2, -0.15) is 0 Å². The van der Waals surface area contributed by atoms with E-state index in [-0.39, 0.29) is 17.9 Å². The SMILES string of the molecule is CCCCOc1ccc(/C(O)=C2\C(=O)C(=O)N(Cc3cccnc3)[C@H]2c2ccc(OCC)c(OC)c2)cc1C. The van der Waals surface area contributed by atoms with Crippen LogP contribution in [-0.2, 0) is 16.1 Å². The quantitative estimate of drug-likeness (QED) is 0.149. The summed E-state index contributed by atoms with van der Waals surface area (Å²) in [6, 6.07) is 13.3. The highest BCUT2D eigenvalue weighted by molar-refractivity contribution is 6.46. The van der Waals surface area contributed by atoms with Gasteiger partial charge >= 0.3 is 0 Å². The van der Waals surface area contributed by atoms with Gasteiger partial charge in [-0.05, 0) is 73.4 Å². The molecule has 1 amide bonds. The fraction of sp³-hybridized carbons (Fsp3) is 0.323. The Morgan fingerprint density at radius 3 is 2.49 bits per heavy atom. The molecule has 0 radical (unpaired) electrons. The number of likely N-dealkylation sites (tertiary alicyclic amines) is 1. The second kappa shape index (κ2) is 12.5. The molecule has 204 valence electrons. The average molecular weight is 531 g/mol. The number of rotatable bonds is 11. The van der Waals surface area contributed by atoms with Crippen molar-refractivity contribution in [3.8, 4) is 17.2 Å². The number of ketones is 1. The van der Waals surface area contributed by atoms with E-state index in [1.165, 1.54) is 12.0 Å². The Kier molecular flexibility index (Phi) is 8.86. The first-order chi connectivity index (χ1) is 18.9. The molecular formula is C31H34N2O6. The van der Waals surface area contributed by atoms with Crippen molar-refractivity contribution in [3.63, 3.8) is 0 Å². The predicted octanol–water partition coefficient (Wildman–Crippen LogP) is 5.60. The fourth-order valence-electron chi connectivity index (χ4n) is 4.65. The van der Waals surface area contributed by atoms with Crippen molar-refractivity contribution in [1.29, 1.82) is 0 Å². The van der Waals surface area contributed by atoms with Crippen molar-refractivity contribution in [2.45, 2.75) is 46.2 Å². The Hall–Kier alpha value is -4.33. The number of hydrogen-bond acceptors (Lipinski definition) is 7. The Labute approximate surface area is 228 Å². The Morgan fingerprint density at radius 1 is 1.03 bits per heavy atom. The van der Waals surface area contributed by atoms with E-state index in [4.69, 9.17) is 14.2 Å². The van der Waals surface area contributed by atoms with Crippen LogP contribution in [0.25, 0.3) is 5.76 Å². The van der Waals surface area contributed by atoms with E-state index in [0.717, 1.165) is 24.0 Å². The highest BCUT2D eigenvalue weighted by Crippen LogP contribution is 2.43. The largest absolute Gasteiger partial charge is 0.507 e. The standard InChI is InChI=1S/C31H34N2O6/c1-5-7-15-39-24-12-11-23(16-20(24)3)29(34)27-28(22-10-13-25(38-6-2)26(17-22)37-4)33(31(36)30(27)35)19-21-9-8-14-32-18-21/h8-14,16-18,28,34H,5-7,15,19H2,1-4H3/b29-27+/t28-/m0/s1. The molecule has 0 bridgehead atoms. The fourth-order valence-corrected chi connectivity index (χ4v) is 4.65. The van der Waals surface area contributed by atoms with E-state index < -0.39 is 17.7 Å². The molecule has 1 aliphatic rings. The number of aromatic nitrogens is 1. The minimum atomic E-state index is -0.851. The summed E-state index contributed by atoms with van der Waals surface area (Å²) in [5.74, 6) is 0.0191. The third-order valence-corrected chi connectivity index (χ3v) is 6.62. The lowest BCUT2D eigenvalue weighted by Crippen LogP contribution is -2.29. The Balaban J connectivity index is 1.82. The maximum Gasteiger partial charge on any atom is 0.295 e. The number of aryl methyl sites for hydroxylation is 1. The number of carbonyl (C=O) groups excluding carboxylic acids is 2. The molecule has 2 aromatic carbocycles. The zero-order chi connectivity index (χ0) is 27.9. The zero-order valence-corrected chi connectivity index (χ0v) is 22.8. The summed E-state index contributed by atoms with van der Waals surface area (Å²) >= 11 is 0. The predicted molar refractivity (Wildman–Crippen MR) is 148 cm³/mol. The smallest absolute Gasteiger partial charge is 0.295 e. The number of unbranched alkanes of at least 4 members (excludes halogenated alkanes) is 1. The molecule has 1 saturated heterocycles. The van der Waals surface area contributed by atoms with E-state index in [1.54, 1.807) is 54.9 Å². The van der Waals surface area contributed by atoms with Gasteiger partial charge in [0, 0.05) is 24.5 Å². The van der Waals surface area contributed by atoms with Crippen molar-refractivity contribution in [3.05, 3.63) is 88.8 Å². The number of benzene rings is 2. The van der Waals surface area contributed by atoms with Gasteiger partial charge in [0.25, 0.3) is 11.7 Å². The van der Waals surface area contributed by atoms with Gasteiger partial charge in [-0.1, -0.05) is 25.5 Å². The lowest BCUT2D eigenvalue weighted by atomic mass is 9.94. The lowest BCUT2D eigenvalue weighted by molar-refractivity contribution is -0.140. The van der Waals surface area contributed by atoms with Gasteiger partial charge in [-0.25, -0.2) is 0 Å². The van der Waals surface area contributed by atoms with Gasteiger partial charge in [0.15, 0.2) is 11.5 Å². The number of hydrogen-bond donors (Lipinski definition) is 1. The molecule has 8 heteroatoms. The number of carbonyl (C=O) groups is 2. The highest BCUT2D eigenvalue weighted by Gasteiger charge is 2.46. The van der Waals surface area contributed by atoms with E-state index in [9.17, 15) is 14.7 Å². The normalized spacial score (nSPS) is 16.4. The molecule has 0 unspecified atom stereocenters. The van der Waals surface area contributed by atoms with Crippen LogP contribution in [0, 0.1) is 6.92 Å². The number of pyridine rings is 1. The van der Waals surface area contributed by atoms with E-state index in [2.05, 4.69) is 11.9 Å². The van der Waals surface area contributed by atoms with Crippen LogP contribution in [0.3, 0.4) is 0 Å². The second-order valence-corrected chi connectivity index (χ2v) is 9.31. The number of aliphatic hydroxyl groups excluding tert-OH is 1. The highest BCUT2D eigenvalue weighted by atomic mass is 16.5. The zero-order valence-electron chi connectivity index (χ0n) is 22.8. The summed E-state index contributed by atoms with van der Waals surface area (Å²) in [5.41, 5.74) is 2.62. The van der Waals surface area contributed by atoms with Crippen LogP contribution in [0.5, 0.6) is 17.2 Å². The number of methoxy groups -OCH3 is 1. The van der Waals surface area contributed by atoms with Gasteiger partial charge in [0.1, 0.15) is 11.5 Å². The van der Waals surface area contributed by atoms with Crippen LogP contribution in [0.15, 0.2) is 66.5 Å². The molecule has 1 aromatic heterocycles. The molecule has 39 heavy (non-hydrogen) atoms. The van der Waals surface area contributed by atoms with E-state index >= 15 is 0 Å². The molecule has 1 fully saturated rings. The molecule has 4 rings (SSSR count). The minimum absolute atomic E-state index is 0.00848. The van der Waals surface area contributed by atoms with E-state index in [0.29, 0.717) is 41.6 Å². The van der Waals surface area contributed by atoms with Crippen molar-refractivity contribution < 1.29 is 28.9 Å². The van der Waals surface area contributed by atoms with Crippen LogP contribution < -0.4 is 14.2 Å². The first kappa shape index (κ1) is 27.7. The van der Waals surface area contributed by atoms with Crippen LogP contribution in [0.1, 0.15) is 55.0 Å². The first-order valence-corrected chi connectivity index (χ1v) is 13.1. The van der Waals surface area contributed by atoms with Gasteiger partial charge in [-0.15, -0.1) is 0 Å². The molecule has 8 nitrogen and oxygen atoms in total. The molecule has 0 spiro atoms. The molecule has 0 aliphatic carbocycles. The van der Waals surface area contributed by atoms with Crippen molar-refractivity contribution in [2.24, 2.45) is 0 Å². The maximum atomic E-state index is 13.4. The molecule has 1 N–H and O–H groups in total. The molecule has 1 aliphatic heterocycles. The number of aliphatic hydroxyl groups is 1. The van der Waals surface area contributed by atoms with Crippen molar-refractivity contribution in [1.82, 2.24) is 9.88 Å². The third-order valence-electron chi connectivity index (χ3n) is 6.62. The van der Waals surface area contributed by atoms with Gasteiger partial charge in [0.2, 0.25) is 0 Å². The number of Topliss-reactive ketones (excluding diaryl/α,β-unsaturated/α-hetero) is 1. The van der Waals surface area contributed by atoms with Crippen LogP contribution in [0.2, 0.25) is 0 Å². The summed E-state index contributed by atoms with van der Waals surface area (Å²) in [7, 11) is 1.53. The summed E-state index contributed by atoms with van der Waals surface area (Å²) in [5, 5.41) is 11.5. The molecule has 2 heterocycles. The van der Waals surface area contributed by atoms with Crippen molar-refractivity contribution in [2.75, 3.05) is 20.3 Å². The molecule has 0 saturated carbocycles. The Morgan fingerprint density at radius 2 is 1.82 bits per heavy atom. The second-order valence-electron chi connectivity index (χ2n) is 9.31. The third kappa shape index (κ3) is 5.90. The number of ether oxygens (including phenoxy) is 3. The monoisotopic (exact) mass is 530 g/mol.